The van der Waals surface area contributed by atoms with Crippen molar-refractivity contribution < 1.29 is 22.7 Å². The fourth-order valence-corrected chi connectivity index (χ4v) is 5.33. The Balaban J connectivity index is 1.18. The molecule has 3 aromatic rings. The van der Waals surface area contributed by atoms with Gasteiger partial charge < -0.3 is 9.64 Å². The van der Waals surface area contributed by atoms with Crippen LogP contribution < -0.4 is 0 Å². The zero-order valence-corrected chi connectivity index (χ0v) is 19.3. The monoisotopic (exact) mass is 481 g/mol. The summed E-state index contributed by atoms with van der Waals surface area (Å²) < 4.78 is 51.2. The van der Waals surface area contributed by atoms with Gasteiger partial charge in [-0.25, -0.2) is 13.2 Å². The van der Waals surface area contributed by atoms with Crippen LogP contribution in [0.25, 0.3) is 22.0 Å². The molecule has 2 saturated heterocycles. The zero-order chi connectivity index (χ0) is 24.2. The van der Waals surface area contributed by atoms with Gasteiger partial charge in [-0.3, -0.25) is 14.7 Å². The maximum atomic E-state index is 15.1. The van der Waals surface area contributed by atoms with Crippen molar-refractivity contribution in [2.45, 2.75) is 43.9 Å². The van der Waals surface area contributed by atoms with Crippen LogP contribution in [-0.4, -0.2) is 58.6 Å². The molecule has 1 saturated carbocycles. The molecule has 5 nitrogen and oxygen atoms in total. The van der Waals surface area contributed by atoms with E-state index in [2.05, 4.69) is 4.98 Å². The number of aromatic nitrogens is 1. The number of nitrogens with zero attached hydrogens (tertiary/aromatic N) is 3. The maximum Gasteiger partial charge on any atom is 0.248 e. The van der Waals surface area contributed by atoms with Gasteiger partial charge in [-0.15, -0.1) is 0 Å². The molecule has 35 heavy (non-hydrogen) atoms. The molecular formula is C27H26F3N3O2. The van der Waals surface area contributed by atoms with Crippen LogP contribution in [0.3, 0.4) is 0 Å². The predicted octanol–water partition coefficient (Wildman–Crippen LogP) is 4.67. The van der Waals surface area contributed by atoms with Crippen molar-refractivity contribution in [2.24, 2.45) is 0 Å². The van der Waals surface area contributed by atoms with E-state index in [-0.39, 0.29) is 30.2 Å². The van der Waals surface area contributed by atoms with E-state index in [0.29, 0.717) is 49.6 Å². The van der Waals surface area contributed by atoms with Crippen LogP contribution in [0.4, 0.5) is 13.2 Å². The molecule has 3 heterocycles. The van der Waals surface area contributed by atoms with Gasteiger partial charge in [0.05, 0.1) is 17.7 Å². The molecule has 0 bridgehead atoms. The number of morpholine rings is 1. The number of likely N-dealkylation sites (tertiary alicyclic amines) is 1. The highest BCUT2D eigenvalue weighted by atomic mass is 19.2. The van der Waals surface area contributed by atoms with Crippen molar-refractivity contribution >= 4 is 16.8 Å². The van der Waals surface area contributed by atoms with Gasteiger partial charge in [0.2, 0.25) is 5.91 Å². The van der Waals surface area contributed by atoms with Crippen molar-refractivity contribution in [2.75, 3.05) is 26.2 Å². The van der Waals surface area contributed by atoms with Crippen LogP contribution >= 0.6 is 0 Å². The Kier molecular flexibility index (Phi) is 5.53. The Labute approximate surface area is 201 Å². The number of halogens is 3. The molecule has 1 spiro atoms. The normalized spacial score (nSPS) is 20.7. The molecule has 8 heteroatoms. The molecule has 0 N–H and O–H groups in total. The SMILES string of the molecule is O=C1COC2(CCN(Cc3c(F)cc(-c4ccc5cccnc5c4)c(F)c3F)CC2)CN1C1CC1. The lowest BCUT2D eigenvalue weighted by molar-refractivity contribution is -0.172. The van der Waals surface area contributed by atoms with Gasteiger partial charge in [-0.1, -0.05) is 18.2 Å². The minimum atomic E-state index is -1.15. The van der Waals surface area contributed by atoms with E-state index in [0.717, 1.165) is 24.3 Å². The zero-order valence-electron chi connectivity index (χ0n) is 19.3. The molecule has 0 radical (unpaired) electrons. The Morgan fingerprint density at radius 3 is 2.63 bits per heavy atom. The van der Waals surface area contributed by atoms with Gasteiger partial charge in [-0.05, 0) is 49.4 Å². The summed E-state index contributed by atoms with van der Waals surface area (Å²) in [5.41, 5.74) is 0.226. The molecule has 1 amide bonds. The number of pyridine rings is 1. The summed E-state index contributed by atoms with van der Waals surface area (Å²) in [4.78, 5) is 20.3. The third-order valence-corrected chi connectivity index (χ3v) is 7.59. The lowest BCUT2D eigenvalue weighted by Gasteiger charge is -2.47. The Hall–Kier alpha value is -2.97. The number of piperidine rings is 1. The summed E-state index contributed by atoms with van der Waals surface area (Å²) in [5, 5.41) is 0.864. The first kappa shape index (κ1) is 22.5. The van der Waals surface area contributed by atoms with E-state index in [9.17, 15) is 4.79 Å². The van der Waals surface area contributed by atoms with Gasteiger partial charge in [0.25, 0.3) is 0 Å². The quantitative estimate of drug-likeness (QED) is 0.508. The molecule has 3 fully saturated rings. The van der Waals surface area contributed by atoms with Crippen molar-refractivity contribution in [1.29, 1.82) is 0 Å². The topological polar surface area (TPSA) is 45.7 Å². The van der Waals surface area contributed by atoms with Gasteiger partial charge in [-0.2, -0.15) is 0 Å². The molecule has 2 aromatic carbocycles. The average molecular weight is 482 g/mol. The van der Waals surface area contributed by atoms with E-state index in [4.69, 9.17) is 4.74 Å². The molecule has 1 aliphatic carbocycles. The smallest absolute Gasteiger partial charge is 0.248 e. The molecule has 2 aliphatic heterocycles. The van der Waals surface area contributed by atoms with Crippen molar-refractivity contribution in [1.82, 2.24) is 14.8 Å². The number of ether oxygens (including phenoxy) is 1. The Morgan fingerprint density at radius 2 is 1.86 bits per heavy atom. The number of benzene rings is 2. The highest BCUT2D eigenvalue weighted by molar-refractivity contribution is 5.84. The second kappa shape index (κ2) is 8.60. The van der Waals surface area contributed by atoms with Gasteiger partial charge in [0.1, 0.15) is 12.4 Å². The van der Waals surface area contributed by atoms with E-state index < -0.39 is 23.1 Å². The number of rotatable bonds is 4. The van der Waals surface area contributed by atoms with Crippen LogP contribution in [0.15, 0.2) is 42.6 Å². The van der Waals surface area contributed by atoms with Crippen LogP contribution in [0.5, 0.6) is 0 Å². The van der Waals surface area contributed by atoms with Crippen LogP contribution in [-0.2, 0) is 16.1 Å². The molecule has 0 atom stereocenters. The van der Waals surface area contributed by atoms with Gasteiger partial charge in [0.15, 0.2) is 11.6 Å². The predicted molar refractivity (Wildman–Crippen MR) is 125 cm³/mol. The first-order valence-corrected chi connectivity index (χ1v) is 12.1. The molecule has 1 aromatic heterocycles. The van der Waals surface area contributed by atoms with Crippen molar-refractivity contribution in [3.8, 4) is 11.1 Å². The number of carbonyl (C=O) groups excluding carboxylic acids is 1. The summed E-state index contributed by atoms with van der Waals surface area (Å²) >= 11 is 0. The van der Waals surface area contributed by atoms with Crippen molar-refractivity contribution in [3.63, 3.8) is 0 Å². The highest BCUT2D eigenvalue weighted by Crippen LogP contribution is 2.37. The molecule has 182 valence electrons. The molecular weight excluding hydrogens is 455 g/mol. The number of carbonyl (C=O) groups is 1. The third kappa shape index (κ3) is 4.19. The van der Waals surface area contributed by atoms with E-state index >= 15 is 13.2 Å². The third-order valence-electron chi connectivity index (χ3n) is 7.59. The fraction of sp³-hybridized carbons (Fsp3) is 0.407. The second-order valence-electron chi connectivity index (χ2n) is 9.92. The molecule has 0 unspecified atom stereocenters. The molecule has 3 aliphatic rings. The first-order chi connectivity index (χ1) is 16.9. The van der Waals surface area contributed by atoms with Gasteiger partial charge in [0, 0.05) is 48.4 Å². The number of amides is 1. The summed E-state index contributed by atoms with van der Waals surface area (Å²) in [6.07, 6.45) is 5.04. The minimum Gasteiger partial charge on any atom is -0.363 e. The Bertz CT molecular complexity index is 1300. The van der Waals surface area contributed by atoms with Crippen LogP contribution in [0, 0.1) is 17.5 Å². The summed E-state index contributed by atoms with van der Waals surface area (Å²) in [6.45, 7) is 1.78. The largest absolute Gasteiger partial charge is 0.363 e. The lowest BCUT2D eigenvalue weighted by Crippen LogP contribution is -2.59. The standard InChI is InChI=1S/C27H26F3N3O2/c28-22-13-20(18-4-3-17-2-1-9-31-23(17)12-18)25(29)26(30)21(22)14-32-10-7-27(8-11-32)16-33(19-5-6-19)24(34)15-35-27/h1-4,9,12-13,19H,5-8,10-11,14-16H2. The Morgan fingerprint density at radius 1 is 1.06 bits per heavy atom. The van der Waals surface area contributed by atoms with Crippen LogP contribution in [0.1, 0.15) is 31.2 Å². The second-order valence-corrected chi connectivity index (χ2v) is 9.92. The summed E-state index contributed by atoms with van der Waals surface area (Å²) in [5.74, 6) is -2.93. The van der Waals surface area contributed by atoms with Crippen molar-refractivity contribution in [3.05, 3.63) is 65.6 Å². The average Bonchev–Trinajstić information content (AvgIpc) is 3.72. The first-order valence-electron chi connectivity index (χ1n) is 12.1. The van der Waals surface area contributed by atoms with E-state index in [1.54, 1.807) is 30.5 Å². The summed E-state index contributed by atoms with van der Waals surface area (Å²) in [6, 6.07) is 10.1. The number of fused-ring (bicyclic) bond motifs is 1. The number of hydrogen-bond acceptors (Lipinski definition) is 4. The minimum absolute atomic E-state index is 0.0184. The van der Waals surface area contributed by atoms with Gasteiger partial charge >= 0.3 is 0 Å². The highest BCUT2D eigenvalue weighted by Gasteiger charge is 2.46. The lowest BCUT2D eigenvalue weighted by atomic mass is 9.88. The number of hydrogen-bond donors (Lipinski definition) is 0. The fourth-order valence-electron chi connectivity index (χ4n) is 5.33. The summed E-state index contributed by atoms with van der Waals surface area (Å²) in [7, 11) is 0. The van der Waals surface area contributed by atoms with E-state index in [1.165, 1.54) is 0 Å². The van der Waals surface area contributed by atoms with Crippen LogP contribution in [0.2, 0.25) is 0 Å². The molecule has 6 rings (SSSR count). The van der Waals surface area contributed by atoms with E-state index in [1.807, 2.05) is 15.9 Å². The maximum absolute atomic E-state index is 15.1.